The van der Waals surface area contributed by atoms with Gasteiger partial charge >= 0.3 is 0 Å². The topological polar surface area (TPSA) is 26.3 Å². The molecule has 1 aliphatic carbocycles. The van der Waals surface area contributed by atoms with Gasteiger partial charge in [-0.25, -0.2) is 0 Å². The van der Waals surface area contributed by atoms with Crippen LogP contribution in [0.15, 0.2) is 23.3 Å². The largest absolute Gasteiger partial charge is 0.373 e. The second-order valence-corrected chi connectivity index (χ2v) is 4.88. The summed E-state index contributed by atoms with van der Waals surface area (Å²) in [6.45, 7) is 6.29. The molecule has 0 saturated heterocycles. The molecule has 1 aliphatic rings. The predicted octanol–water partition coefficient (Wildman–Crippen LogP) is 3.67. The molecule has 0 fully saturated rings. The van der Waals surface area contributed by atoms with Gasteiger partial charge in [0.05, 0.1) is 0 Å². The van der Waals surface area contributed by atoms with Crippen LogP contribution in [0.2, 0.25) is 0 Å². The summed E-state index contributed by atoms with van der Waals surface area (Å²) in [6, 6.07) is 0. The Bertz CT molecular complexity index is 308. The van der Waals surface area contributed by atoms with Gasteiger partial charge in [0, 0.05) is 19.4 Å². The summed E-state index contributed by atoms with van der Waals surface area (Å²) in [6.07, 6.45) is 7.78. The first-order valence-electron chi connectivity index (χ1n) is 6.52. The Labute approximate surface area is 105 Å². The fourth-order valence-corrected chi connectivity index (χ4v) is 2.45. The van der Waals surface area contributed by atoms with Gasteiger partial charge in [-0.05, 0) is 20.3 Å². The van der Waals surface area contributed by atoms with E-state index in [-0.39, 0.29) is 17.8 Å². The SMILES string of the molecule is CCCCCC(=O)C(OC)C1C(C)=CC=C1C. The van der Waals surface area contributed by atoms with Crippen LogP contribution in [0.3, 0.4) is 0 Å². The molecule has 0 spiro atoms. The Morgan fingerprint density at radius 1 is 1.29 bits per heavy atom. The standard InChI is InChI=1S/C15H24O2/c1-5-6-7-8-13(16)15(17-4)14-11(2)9-10-12(14)3/h9-10,14-15H,5-8H2,1-4H3. The lowest BCUT2D eigenvalue weighted by molar-refractivity contribution is -0.130. The maximum Gasteiger partial charge on any atom is 0.162 e. The summed E-state index contributed by atoms with van der Waals surface area (Å²) in [5.74, 6) is 0.405. The van der Waals surface area contributed by atoms with Crippen molar-refractivity contribution in [1.82, 2.24) is 0 Å². The van der Waals surface area contributed by atoms with E-state index in [1.807, 2.05) is 0 Å². The van der Waals surface area contributed by atoms with E-state index < -0.39 is 0 Å². The highest BCUT2D eigenvalue weighted by Crippen LogP contribution is 2.31. The van der Waals surface area contributed by atoms with E-state index in [0.29, 0.717) is 6.42 Å². The highest BCUT2D eigenvalue weighted by molar-refractivity contribution is 5.84. The molecule has 0 radical (unpaired) electrons. The fraction of sp³-hybridized carbons (Fsp3) is 0.667. The molecule has 0 bridgehead atoms. The van der Waals surface area contributed by atoms with E-state index in [1.165, 1.54) is 11.1 Å². The van der Waals surface area contributed by atoms with Gasteiger partial charge in [-0.3, -0.25) is 4.79 Å². The molecule has 0 aromatic rings. The van der Waals surface area contributed by atoms with E-state index >= 15 is 0 Å². The first kappa shape index (κ1) is 14.2. The average molecular weight is 236 g/mol. The third-order valence-corrected chi connectivity index (χ3v) is 3.49. The third-order valence-electron chi connectivity index (χ3n) is 3.49. The van der Waals surface area contributed by atoms with Crippen LogP contribution in [-0.2, 0) is 9.53 Å². The molecule has 0 aromatic carbocycles. The van der Waals surface area contributed by atoms with Crippen molar-refractivity contribution >= 4 is 5.78 Å². The lowest BCUT2D eigenvalue weighted by Gasteiger charge is -2.24. The lowest BCUT2D eigenvalue weighted by Crippen LogP contribution is -2.32. The van der Waals surface area contributed by atoms with E-state index in [9.17, 15) is 4.79 Å². The molecule has 17 heavy (non-hydrogen) atoms. The van der Waals surface area contributed by atoms with Crippen LogP contribution in [0.5, 0.6) is 0 Å². The number of rotatable bonds is 7. The second-order valence-electron chi connectivity index (χ2n) is 4.88. The smallest absolute Gasteiger partial charge is 0.162 e. The van der Waals surface area contributed by atoms with E-state index in [0.717, 1.165) is 19.3 Å². The number of unbranched alkanes of at least 4 members (excludes halogenated alkanes) is 2. The molecule has 1 unspecified atom stereocenters. The van der Waals surface area contributed by atoms with Crippen LogP contribution < -0.4 is 0 Å². The van der Waals surface area contributed by atoms with Crippen molar-refractivity contribution < 1.29 is 9.53 Å². The zero-order valence-corrected chi connectivity index (χ0v) is 11.5. The number of methoxy groups -OCH3 is 1. The zero-order chi connectivity index (χ0) is 12.8. The second kappa shape index (κ2) is 6.75. The highest BCUT2D eigenvalue weighted by atomic mass is 16.5. The van der Waals surface area contributed by atoms with E-state index in [4.69, 9.17) is 4.74 Å². The summed E-state index contributed by atoms with van der Waals surface area (Å²) in [4.78, 5) is 12.1. The van der Waals surface area contributed by atoms with Crippen molar-refractivity contribution in [2.24, 2.45) is 5.92 Å². The number of allylic oxidation sites excluding steroid dienone is 2. The number of Topliss-reactive ketones (excluding diaryl/α,β-unsaturated/α-hetero) is 1. The first-order chi connectivity index (χ1) is 8.11. The van der Waals surface area contributed by atoms with E-state index in [2.05, 4.69) is 32.9 Å². The maximum atomic E-state index is 12.1. The molecule has 1 atom stereocenters. The average Bonchev–Trinajstić information content (AvgIpc) is 2.62. The summed E-state index contributed by atoms with van der Waals surface area (Å²) in [5, 5.41) is 0. The molecule has 0 heterocycles. The Hall–Kier alpha value is -0.890. The Kier molecular flexibility index (Phi) is 5.63. The van der Waals surface area contributed by atoms with Crippen molar-refractivity contribution in [3.63, 3.8) is 0 Å². The Morgan fingerprint density at radius 3 is 2.35 bits per heavy atom. The third kappa shape index (κ3) is 3.53. The minimum absolute atomic E-state index is 0.161. The van der Waals surface area contributed by atoms with Gasteiger partial charge in [0.15, 0.2) is 5.78 Å². The molecule has 2 nitrogen and oxygen atoms in total. The van der Waals surface area contributed by atoms with Gasteiger partial charge in [0.2, 0.25) is 0 Å². The van der Waals surface area contributed by atoms with Gasteiger partial charge < -0.3 is 4.74 Å². The number of hydrogen-bond donors (Lipinski definition) is 0. The van der Waals surface area contributed by atoms with Crippen LogP contribution in [0.4, 0.5) is 0 Å². The zero-order valence-electron chi connectivity index (χ0n) is 11.5. The molecular formula is C15H24O2. The normalized spacial score (nSPS) is 17.9. The van der Waals surface area contributed by atoms with Crippen molar-refractivity contribution in [3.8, 4) is 0 Å². The van der Waals surface area contributed by atoms with E-state index in [1.54, 1.807) is 7.11 Å². The summed E-state index contributed by atoms with van der Waals surface area (Å²) in [7, 11) is 1.64. The van der Waals surface area contributed by atoms with Crippen LogP contribution >= 0.6 is 0 Å². The minimum Gasteiger partial charge on any atom is -0.373 e. The number of ether oxygens (including phenoxy) is 1. The molecule has 0 aromatic heterocycles. The maximum absolute atomic E-state index is 12.1. The first-order valence-corrected chi connectivity index (χ1v) is 6.52. The van der Waals surface area contributed by atoms with Gasteiger partial charge in [-0.15, -0.1) is 0 Å². The van der Waals surface area contributed by atoms with Crippen molar-refractivity contribution in [3.05, 3.63) is 23.3 Å². The predicted molar refractivity (Wildman–Crippen MR) is 71.0 cm³/mol. The minimum atomic E-state index is -0.290. The number of carbonyl (C=O) groups is 1. The van der Waals surface area contributed by atoms with Crippen LogP contribution in [0, 0.1) is 5.92 Å². The number of ketones is 1. The number of hydrogen-bond acceptors (Lipinski definition) is 2. The van der Waals surface area contributed by atoms with Crippen molar-refractivity contribution in [2.75, 3.05) is 7.11 Å². The summed E-state index contributed by atoms with van der Waals surface area (Å²) < 4.78 is 5.44. The molecule has 2 heteroatoms. The van der Waals surface area contributed by atoms with Gasteiger partial charge in [0.1, 0.15) is 6.10 Å². The van der Waals surface area contributed by atoms with Crippen molar-refractivity contribution in [1.29, 1.82) is 0 Å². The molecule has 0 saturated carbocycles. The quantitative estimate of drug-likeness (QED) is 0.630. The molecular weight excluding hydrogens is 212 g/mol. The van der Waals surface area contributed by atoms with Gasteiger partial charge in [-0.2, -0.15) is 0 Å². The number of carbonyl (C=O) groups excluding carboxylic acids is 1. The van der Waals surface area contributed by atoms with Gasteiger partial charge in [-0.1, -0.05) is 43.1 Å². The van der Waals surface area contributed by atoms with Crippen LogP contribution in [0.1, 0.15) is 46.5 Å². The Balaban J connectivity index is 2.62. The van der Waals surface area contributed by atoms with Gasteiger partial charge in [0.25, 0.3) is 0 Å². The summed E-state index contributed by atoms with van der Waals surface area (Å²) in [5.41, 5.74) is 2.47. The Morgan fingerprint density at radius 2 is 1.88 bits per heavy atom. The molecule has 0 N–H and O–H groups in total. The summed E-state index contributed by atoms with van der Waals surface area (Å²) >= 11 is 0. The highest BCUT2D eigenvalue weighted by Gasteiger charge is 2.31. The molecule has 0 aliphatic heterocycles. The molecule has 96 valence electrons. The van der Waals surface area contributed by atoms with Crippen LogP contribution in [-0.4, -0.2) is 19.0 Å². The van der Waals surface area contributed by atoms with Crippen LogP contribution in [0.25, 0.3) is 0 Å². The molecule has 0 amide bonds. The monoisotopic (exact) mass is 236 g/mol. The lowest BCUT2D eigenvalue weighted by atomic mass is 9.88. The molecule has 1 rings (SSSR count). The fourth-order valence-electron chi connectivity index (χ4n) is 2.45. The van der Waals surface area contributed by atoms with Crippen molar-refractivity contribution in [2.45, 2.75) is 52.6 Å².